The van der Waals surface area contributed by atoms with Crippen molar-refractivity contribution in [2.45, 2.75) is 26.2 Å². The highest BCUT2D eigenvalue weighted by atomic mass is 35.5. The molecule has 1 nitrogen and oxygen atoms in total. The first-order chi connectivity index (χ1) is 8.24. The third kappa shape index (κ3) is 5.77. The lowest BCUT2D eigenvalue weighted by molar-refractivity contribution is 0.827. The number of halogens is 2. The van der Waals surface area contributed by atoms with Crippen molar-refractivity contribution >= 4 is 29.4 Å². The smallest absolute Gasteiger partial charge is 0.0997 e. The number of aliphatic imine (C=N–C) groups is 1. The zero-order chi connectivity index (χ0) is 12.5. The Bertz CT molecular complexity index is 441. The molecular formula is C14H15Cl2N. The lowest BCUT2D eigenvalue weighted by atomic mass is 10.2. The van der Waals surface area contributed by atoms with Crippen LogP contribution < -0.4 is 0 Å². The largest absolute Gasteiger partial charge is 0.280 e. The number of hydrogen-bond acceptors (Lipinski definition) is 1. The summed E-state index contributed by atoms with van der Waals surface area (Å²) < 4.78 is 0. The molecular weight excluding hydrogens is 253 g/mol. The Morgan fingerprint density at radius 3 is 2.82 bits per heavy atom. The number of nitrogens with zero attached hydrogens (tertiary/aromatic N) is 1. The topological polar surface area (TPSA) is 12.4 Å². The Morgan fingerprint density at radius 2 is 2.12 bits per heavy atom. The van der Waals surface area contributed by atoms with E-state index >= 15 is 0 Å². The molecule has 0 N–H and O–H groups in total. The molecule has 0 bridgehead atoms. The summed E-state index contributed by atoms with van der Waals surface area (Å²) in [6, 6.07) is 5.35. The maximum atomic E-state index is 6.00. The average molecular weight is 268 g/mol. The van der Waals surface area contributed by atoms with Gasteiger partial charge in [0.05, 0.1) is 11.6 Å². The molecule has 0 aliphatic heterocycles. The van der Waals surface area contributed by atoms with E-state index in [9.17, 15) is 0 Å². The van der Waals surface area contributed by atoms with Crippen molar-refractivity contribution in [1.29, 1.82) is 0 Å². The van der Waals surface area contributed by atoms with Crippen LogP contribution in [0.25, 0.3) is 0 Å². The molecule has 0 saturated heterocycles. The van der Waals surface area contributed by atoms with Crippen LogP contribution in [0.1, 0.15) is 31.7 Å². The van der Waals surface area contributed by atoms with E-state index in [1.165, 1.54) is 6.42 Å². The van der Waals surface area contributed by atoms with Crippen molar-refractivity contribution in [3.05, 3.63) is 33.8 Å². The second-order valence-electron chi connectivity index (χ2n) is 3.59. The van der Waals surface area contributed by atoms with Gasteiger partial charge in [0.25, 0.3) is 0 Å². The van der Waals surface area contributed by atoms with E-state index in [1.54, 1.807) is 18.3 Å². The summed E-state index contributed by atoms with van der Waals surface area (Å²) in [5.74, 6) is 6.08. The first-order valence-electron chi connectivity index (χ1n) is 5.64. The van der Waals surface area contributed by atoms with Gasteiger partial charge in [0.15, 0.2) is 0 Å². The van der Waals surface area contributed by atoms with Gasteiger partial charge in [0, 0.05) is 23.2 Å². The lowest BCUT2D eigenvalue weighted by Crippen LogP contribution is -1.84. The third-order valence-electron chi connectivity index (χ3n) is 2.14. The summed E-state index contributed by atoms with van der Waals surface area (Å²) in [7, 11) is 0. The zero-order valence-electron chi connectivity index (χ0n) is 9.84. The summed E-state index contributed by atoms with van der Waals surface area (Å²) in [5, 5.41) is 1.24. The molecule has 0 aromatic heterocycles. The molecule has 3 heteroatoms. The highest BCUT2D eigenvalue weighted by Gasteiger charge is 1.96. The molecule has 17 heavy (non-hydrogen) atoms. The van der Waals surface area contributed by atoms with Crippen LogP contribution in [0.2, 0.25) is 10.0 Å². The predicted molar refractivity (Wildman–Crippen MR) is 76.2 cm³/mol. The fourth-order valence-corrected chi connectivity index (χ4v) is 1.66. The summed E-state index contributed by atoms with van der Waals surface area (Å²) in [6.45, 7) is 2.67. The van der Waals surface area contributed by atoms with E-state index in [0.29, 0.717) is 16.6 Å². The van der Waals surface area contributed by atoms with Crippen LogP contribution >= 0.6 is 23.2 Å². The summed E-state index contributed by atoms with van der Waals surface area (Å²) in [5.41, 5.74) is 0.867. The van der Waals surface area contributed by atoms with Crippen molar-refractivity contribution in [1.82, 2.24) is 0 Å². The second-order valence-corrected chi connectivity index (χ2v) is 4.44. The molecule has 0 fully saturated rings. The van der Waals surface area contributed by atoms with Crippen molar-refractivity contribution in [3.63, 3.8) is 0 Å². The molecule has 0 unspecified atom stereocenters. The Morgan fingerprint density at radius 1 is 1.29 bits per heavy atom. The van der Waals surface area contributed by atoms with Crippen LogP contribution in [0.5, 0.6) is 0 Å². The van der Waals surface area contributed by atoms with Crippen LogP contribution in [-0.4, -0.2) is 12.8 Å². The van der Waals surface area contributed by atoms with E-state index in [0.717, 1.165) is 18.4 Å². The van der Waals surface area contributed by atoms with E-state index < -0.39 is 0 Å². The first-order valence-corrected chi connectivity index (χ1v) is 6.40. The van der Waals surface area contributed by atoms with Gasteiger partial charge in [-0.15, -0.1) is 5.92 Å². The fourth-order valence-electron chi connectivity index (χ4n) is 1.21. The monoisotopic (exact) mass is 267 g/mol. The molecule has 0 aliphatic rings. The van der Waals surface area contributed by atoms with E-state index in [2.05, 4.69) is 23.8 Å². The van der Waals surface area contributed by atoms with Gasteiger partial charge in [-0.25, -0.2) is 0 Å². The standard InChI is InChI=1S/C14H15Cl2N/c1-2-3-4-5-6-9-17-11-12-7-8-13(15)10-14(12)16/h7-8,10-11H,2-4,9H2,1H3. The quantitative estimate of drug-likeness (QED) is 0.429. The van der Waals surface area contributed by atoms with Gasteiger partial charge in [0.2, 0.25) is 0 Å². The van der Waals surface area contributed by atoms with Crippen molar-refractivity contribution in [2.24, 2.45) is 4.99 Å². The molecule has 0 heterocycles. The van der Waals surface area contributed by atoms with Crippen LogP contribution in [-0.2, 0) is 0 Å². The Hall–Kier alpha value is -0.970. The van der Waals surface area contributed by atoms with Gasteiger partial charge in [0.1, 0.15) is 0 Å². The molecule has 0 spiro atoms. The Kier molecular flexibility index (Phi) is 6.77. The first kappa shape index (κ1) is 14.1. The van der Waals surface area contributed by atoms with Crippen LogP contribution in [0.4, 0.5) is 0 Å². The molecule has 0 amide bonds. The lowest BCUT2D eigenvalue weighted by Gasteiger charge is -1.97. The molecule has 90 valence electrons. The number of hydrogen-bond donors (Lipinski definition) is 0. The van der Waals surface area contributed by atoms with E-state index in [-0.39, 0.29) is 0 Å². The van der Waals surface area contributed by atoms with Gasteiger partial charge in [-0.3, -0.25) is 4.99 Å². The molecule has 0 atom stereocenters. The normalized spacial score (nSPS) is 10.3. The number of unbranched alkanes of at least 4 members (excludes halogenated alkanes) is 2. The molecule has 0 saturated carbocycles. The minimum absolute atomic E-state index is 0.517. The van der Waals surface area contributed by atoms with E-state index in [4.69, 9.17) is 23.2 Å². The molecule has 0 radical (unpaired) electrons. The number of rotatable bonds is 4. The van der Waals surface area contributed by atoms with Crippen molar-refractivity contribution < 1.29 is 0 Å². The fraction of sp³-hybridized carbons (Fsp3) is 0.357. The van der Waals surface area contributed by atoms with Crippen molar-refractivity contribution in [3.8, 4) is 11.8 Å². The molecule has 1 aromatic carbocycles. The Balaban J connectivity index is 2.44. The maximum Gasteiger partial charge on any atom is 0.0997 e. The van der Waals surface area contributed by atoms with Crippen LogP contribution in [0, 0.1) is 11.8 Å². The third-order valence-corrected chi connectivity index (χ3v) is 2.71. The van der Waals surface area contributed by atoms with E-state index in [1.807, 2.05) is 6.07 Å². The zero-order valence-corrected chi connectivity index (χ0v) is 11.4. The van der Waals surface area contributed by atoms with Crippen LogP contribution in [0.15, 0.2) is 23.2 Å². The summed E-state index contributed by atoms with van der Waals surface area (Å²) in [6.07, 6.45) is 5.01. The molecule has 0 aliphatic carbocycles. The Labute approximate surface area is 113 Å². The van der Waals surface area contributed by atoms with Gasteiger partial charge in [-0.05, 0) is 18.6 Å². The van der Waals surface area contributed by atoms with Gasteiger partial charge in [-0.1, -0.05) is 48.5 Å². The SMILES string of the molecule is CCCCC#CCN=Cc1ccc(Cl)cc1Cl. The van der Waals surface area contributed by atoms with Gasteiger partial charge in [-0.2, -0.15) is 0 Å². The molecule has 1 rings (SSSR count). The predicted octanol–water partition coefficient (Wildman–Crippen LogP) is 4.61. The molecule has 1 aromatic rings. The average Bonchev–Trinajstić information content (AvgIpc) is 2.30. The maximum absolute atomic E-state index is 6.00. The van der Waals surface area contributed by atoms with Crippen LogP contribution in [0.3, 0.4) is 0 Å². The minimum Gasteiger partial charge on any atom is -0.280 e. The van der Waals surface area contributed by atoms with Gasteiger partial charge < -0.3 is 0 Å². The summed E-state index contributed by atoms with van der Waals surface area (Å²) in [4.78, 5) is 4.20. The van der Waals surface area contributed by atoms with Gasteiger partial charge >= 0.3 is 0 Å². The minimum atomic E-state index is 0.517. The summed E-state index contributed by atoms with van der Waals surface area (Å²) >= 11 is 11.8. The highest BCUT2D eigenvalue weighted by molar-refractivity contribution is 6.36. The van der Waals surface area contributed by atoms with Crippen molar-refractivity contribution in [2.75, 3.05) is 6.54 Å². The second kappa shape index (κ2) is 8.17. The highest BCUT2D eigenvalue weighted by Crippen LogP contribution is 2.19. The number of benzene rings is 1.